The molecule has 0 spiro atoms. The van der Waals surface area contributed by atoms with Crippen LogP contribution in [0, 0.1) is 10.1 Å². The predicted molar refractivity (Wildman–Crippen MR) is 75.6 cm³/mol. The van der Waals surface area contributed by atoms with Gasteiger partial charge < -0.3 is 10.1 Å². The van der Waals surface area contributed by atoms with Gasteiger partial charge in [0, 0.05) is 5.69 Å². The van der Waals surface area contributed by atoms with Crippen LogP contribution >= 0.6 is 0 Å². The Hall–Kier alpha value is -2.90. The first-order valence-electron chi connectivity index (χ1n) is 6.24. The van der Waals surface area contributed by atoms with Gasteiger partial charge in [-0.1, -0.05) is 25.1 Å². The molecule has 110 valence electrons. The standard InChI is InChI=1S/C13H14N4O4/c1-3-8-6-4-5-7-9(8)14-12(18)10-11(17(19)20)13(21-2)16-15-10/h4-7H,3H2,1-2H3,(H,14,18)(H,15,16). The number of ether oxygens (including phenoxy) is 1. The molecule has 1 aromatic carbocycles. The van der Waals surface area contributed by atoms with Crippen LogP contribution in [0.25, 0.3) is 0 Å². The van der Waals surface area contributed by atoms with Crippen molar-refractivity contribution in [1.82, 2.24) is 10.2 Å². The molecule has 0 aliphatic rings. The smallest absolute Gasteiger partial charge is 0.362 e. The quantitative estimate of drug-likeness (QED) is 0.647. The van der Waals surface area contributed by atoms with Crippen LogP contribution in [0.1, 0.15) is 23.0 Å². The predicted octanol–water partition coefficient (Wildman–Crippen LogP) is 2.14. The zero-order valence-corrected chi connectivity index (χ0v) is 11.5. The van der Waals surface area contributed by atoms with Gasteiger partial charge in [-0.15, -0.1) is 5.10 Å². The molecule has 0 unspecified atom stereocenters. The molecule has 1 aromatic heterocycles. The number of nitro groups is 1. The van der Waals surface area contributed by atoms with Gasteiger partial charge in [0.2, 0.25) is 5.69 Å². The van der Waals surface area contributed by atoms with Crippen molar-refractivity contribution in [2.24, 2.45) is 0 Å². The molecule has 0 atom stereocenters. The van der Waals surface area contributed by atoms with E-state index < -0.39 is 16.5 Å². The van der Waals surface area contributed by atoms with E-state index in [4.69, 9.17) is 4.74 Å². The number of aromatic amines is 1. The summed E-state index contributed by atoms with van der Waals surface area (Å²) in [5, 5.41) is 19.6. The molecule has 1 heterocycles. The fraction of sp³-hybridized carbons (Fsp3) is 0.231. The van der Waals surface area contributed by atoms with E-state index in [-0.39, 0.29) is 11.6 Å². The summed E-state index contributed by atoms with van der Waals surface area (Å²) in [6.45, 7) is 1.95. The highest BCUT2D eigenvalue weighted by Gasteiger charge is 2.30. The number of aromatic nitrogens is 2. The Balaban J connectivity index is 2.33. The van der Waals surface area contributed by atoms with Gasteiger partial charge in [-0.05, 0) is 18.1 Å². The van der Waals surface area contributed by atoms with Crippen LogP contribution in [0.2, 0.25) is 0 Å². The average Bonchev–Trinajstić information content (AvgIpc) is 2.92. The Morgan fingerprint density at radius 2 is 2.19 bits per heavy atom. The number of carbonyl (C=O) groups is 1. The number of benzene rings is 1. The van der Waals surface area contributed by atoms with Crippen molar-refractivity contribution in [2.75, 3.05) is 12.4 Å². The van der Waals surface area contributed by atoms with Gasteiger partial charge in [-0.25, -0.2) is 0 Å². The number of rotatable bonds is 5. The number of nitrogens with zero attached hydrogens (tertiary/aromatic N) is 2. The van der Waals surface area contributed by atoms with Crippen LogP contribution in [0.4, 0.5) is 11.4 Å². The molecule has 0 fully saturated rings. The van der Waals surface area contributed by atoms with Crippen LogP contribution in [-0.4, -0.2) is 28.1 Å². The third-order valence-electron chi connectivity index (χ3n) is 2.96. The second kappa shape index (κ2) is 6.04. The summed E-state index contributed by atoms with van der Waals surface area (Å²) in [4.78, 5) is 22.5. The normalized spacial score (nSPS) is 10.2. The Morgan fingerprint density at radius 1 is 1.48 bits per heavy atom. The number of nitrogens with one attached hydrogen (secondary N) is 2. The Kier molecular flexibility index (Phi) is 4.17. The molecule has 21 heavy (non-hydrogen) atoms. The summed E-state index contributed by atoms with van der Waals surface area (Å²) in [5.41, 5.74) is 0.805. The number of para-hydroxylation sites is 1. The van der Waals surface area contributed by atoms with Crippen molar-refractivity contribution < 1.29 is 14.5 Å². The molecule has 2 aromatic rings. The molecule has 1 amide bonds. The average molecular weight is 290 g/mol. The first-order valence-corrected chi connectivity index (χ1v) is 6.24. The van der Waals surface area contributed by atoms with Crippen LogP contribution < -0.4 is 10.1 Å². The van der Waals surface area contributed by atoms with Crippen molar-refractivity contribution in [1.29, 1.82) is 0 Å². The van der Waals surface area contributed by atoms with E-state index in [1.54, 1.807) is 12.1 Å². The van der Waals surface area contributed by atoms with Gasteiger partial charge in [0.25, 0.3) is 5.91 Å². The lowest BCUT2D eigenvalue weighted by atomic mass is 10.1. The molecule has 0 aliphatic heterocycles. The van der Waals surface area contributed by atoms with E-state index >= 15 is 0 Å². The van der Waals surface area contributed by atoms with Crippen molar-refractivity contribution >= 4 is 17.3 Å². The number of amides is 1. The summed E-state index contributed by atoms with van der Waals surface area (Å²) in [6.07, 6.45) is 0.727. The number of H-pyrrole nitrogens is 1. The Bertz CT molecular complexity index is 681. The summed E-state index contributed by atoms with van der Waals surface area (Å²) >= 11 is 0. The van der Waals surface area contributed by atoms with Crippen LogP contribution in [0.15, 0.2) is 24.3 Å². The SMILES string of the molecule is CCc1ccccc1NC(=O)c1[nH]nc(OC)c1[N+](=O)[O-]. The number of carbonyl (C=O) groups excluding carboxylic acids is 1. The second-order valence-corrected chi connectivity index (χ2v) is 4.18. The van der Waals surface area contributed by atoms with Crippen molar-refractivity contribution in [3.63, 3.8) is 0 Å². The second-order valence-electron chi connectivity index (χ2n) is 4.18. The van der Waals surface area contributed by atoms with Gasteiger partial charge >= 0.3 is 11.6 Å². The maximum Gasteiger partial charge on any atom is 0.362 e. The fourth-order valence-electron chi connectivity index (χ4n) is 1.92. The highest BCUT2D eigenvalue weighted by Crippen LogP contribution is 2.28. The lowest BCUT2D eigenvalue weighted by Gasteiger charge is -2.08. The van der Waals surface area contributed by atoms with Gasteiger partial charge in [0.1, 0.15) is 0 Å². The summed E-state index contributed by atoms with van der Waals surface area (Å²) in [7, 11) is 1.25. The molecule has 0 saturated heterocycles. The third kappa shape index (κ3) is 2.83. The summed E-state index contributed by atoms with van der Waals surface area (Å²) in [5.74, 6) is -0.868. The first-order chi connectivity index (χ1) is 10.1. The van der Waals surface area contributed by atoms with E-state index in [2.05, 4.69) is 15.5 Å². The fourth-order valence-corrected chi connectivity index (χ4v) is 1.92. The van der Waals surface area contributed by atoms with Crippen LogP contribution in [0.3, 0.4) is 0 Å². The lowest BCUT2D eigenvalue weighted by molar-refractivity contribution is -0.386. The first kappa shape index (κ1) is 14.5. The monoisotopic (exact) mass is 290 g/mol. The maximum atomic E-state index is 12.2. The van der Waals surface area contributed by atoms with E-state index in [0.717, 1.165) is 12.0 Å². The zero-order chi connectivity index (χ0) is 15.4. The Morgan fingerprint density at radius 3 is 2.81 bits per heavy atom. The number of hydrogen-bond donors (Lipinski definition) is 2. The van der Waals surface area contributed by atoms with Gasteiger partial charge in [0.15, 0.2) is 0 Å². The Labute approximate surface area is 120 Å². The largest absolute Gasteiger partial charge is 0.475 e. The molecular weight excluding hydrogens is 276 g/mol. The van der Waals surface area contributed by atoms with Crippen LogP contribution in [0.5, 0.6) is 5.88 Å². The van der Waals surface area contributed by atoms with E-state index in [1.807, 2.05) is 19.1 Å². The minimum atomic E-state index is -0.705. The highest BCUT2D eigenvalue weighted by molar-refractivity contribution is 6.06. The molecule has 8 nitrogen and oxygen atoms in total. The van der Waals surface area contributed by atoms with E-state index in [0.29, 0.717) is 5.69 Å². The van der Waals surface area contributed by atoms with Gasteiger partial charge in [0.05, 0.1) is 12.0 Å². The maximum absolute atomic E-state index is 12.2. The highest BCUT2D eigenvalue weighted by atomic mass is 16.6. The molecular formula is C13H14N4O4. The number of hydrogen-bond acceptors (Lipinski definition) is 5. The molecule has 2 N–H and O–H groups in total. The van der Waals surface area contributed by atoms with Gasteiger partial charge in [-0.2, -0.15) is 0 Å². The topological polar surface area (TPSA) is 110 Å². The van der Waals surface area contributed by atoms with Crippen molar-refractivity contribution in [3.8, 4) is 5.88 Å². The minimum Gasteiger partial charge on any atom is -0.475 e. The van der Waals surface area contributed by atoms with Gasteiger partial charge in [-0.3, -0.25) is 20.0 Å². The molecule has 0 radical (unpaired) electrons. The van der Waals surface area contributed by atoms with Crippen molar-refractivity contribution in [2.45, 2.75) is 13.3 Å². The van der Waals surface area contributed by atoms with E-state index in [1.165, 1.54) is 7.11 Å². The molecule has 8 heteroatoms. The third-order valence-corrected chi connectivity index (χ3v) is 2.96. The molecule has 0 bridgehead atoms. The van der Waals surface area contributed by atoms with E-state index in [9.17, 15) is 14.9 Å². The summed E-state index contributed by atoms with van der Waals surface area (Å²) in [6, 6.07) is 7.24. The number of methoxy groups -OCH3 is 1. The lowest BCUT2D eigenvalue weighted by Crippen LogP contribution is -2.15. The van der Waals surface area contributed by atoms with Crippen LogP contribution in [-0.2, 0) is 6.42 Å². The molecule has 2 rings (SSSR count). The zero-order valence-electron chi connectivity index (χ0n) is 11.5. The number of aryl methyl sites for hydroxylation is 1. The molecule has 0 aliphatic carbocycles. The molecule has 0 saturated carbocycles. The number of anilines is 1. The van der Waals surface area contributed by atoms with Crippen molar-refractivity contribution in [3.05, 3.63) is 45.6 Å². The summed E-state index contributed by atoms with van der Waals surface area (Å²) < 4.78 is 4.77. The minimum absolute atomic E-state index is 0.228.